The molecule has 6 heteroatoms. The number of halogens is 1. The standard InChI is InChI=1S/C17H19BrN4O/c1-17(2,3)15-10-14(20-21-15)16(23)22-19-11-13(18)9-12-7-5-4-6-8-12/h4-11H,1-3H3,(H,20,21)(H,22,23)/b13-9-,19-11-. The number of aromatic nitrogens is 2. The molecule has 0 aliphatic rings. The van der Waals surface area contributed by atoms with E-state index in [2.05, 4.69) is 36.7 Å². The maximum Gasteiger partial charge on any atom is 0.291 e. The smallest absolute Gasteiger partial charge is 0.281 e. The summed E-state index contributed by atoms with van der Waals surface area (Å²) < 4.78 is 0.751. The van der Waals surface area contributed by atoms with Crippen molar-refractivity contribution < 1.29 is 4.79 Å². The summed E-state index contributed by atoms with van der Waals surface area (Å²) in [5, 5.41) is 10.8. The first kappa shape index (κ1) is 17.1. The largest absolute Gasteiger partial charge is 0.291 e. The lowest BCUT2D eigenvalue weighted by molar-refractivity contribution is 0.0950. The maximum atomic E-state index is 12.0. The van der Waals surface area contributed by atoms with Crippen molar-refractivity contribution in [3.05, 3.63) is 57.8 Å². The minimum Gasteiger partial charge on any atom is -0.281 e. The van der Waals surface area contributed by atoms with Crippen molar-refractivity contribution in [3.63, 3.8) is 0 Å². The van der Waals surface area contributed by atoms with Crippen LogP contribution in [0.4, 0.5) is 0 Å². The molecule has 5 nitrogen and oxygen atoms in total. The van der Waals surface area contributed by atoms with Gasteiger partial charge < -0.3 is 0 Å². The van der Waals surface area contributed by atoms with Crippen LogP contribution in [0.15, 0.2) is 46.0 Å². The number of amides is 1. The van der Waals surface area contributed by atoms with Crippen LogP contribution < -0.4 is 5.43 Å². The van der Waals surface area contributed by atoms with E-state index in [0.29, 0.717) is 5.69 Å². The van der Waals surface area contributed by atoms with Gasteiger partial charge in [0.2, 0.25) is 0 Å². The number of hydrogen-bond donors (Lipinski definition) is 2. The lowest BCUT2D eigenvalue weighted by Gasteiger charge is -2.14. The van der Waals surface area contributed by atoms with Gasteiger partial charge >= 0.3 is 0 Å². The summed E-state index contributed by atoms with van der Waals surface area (Å²) in [7, 11) is 0. The summed E-state index contributed by atoms with van der Waals surface area (Å²) in [6, 6.07) is 11.6. The van der Waals surface area contributed by atoms with Crippen molar-refractivity contribution >= 4 is 34.1 Å². The van der Waals surface area contributed by atoms with Gasteiger partial charge in [0.05, 0.1) is 6.21 Å². The summed E-state index contributed by atoms with van der Waals surface area (Å²) >= 11 is 3.39. The van der Waals surface area contributed by atoms with Gasteiger partial charge in [-0.15, -0.1) is 0 Å². The normalized spacial score (nSPS) is 12.6. The first-order chi connectivity index (χ1) is 10.9. The van der Waals surface area contributed by atoms with Gasteiger partial charge in [0.25, 0.3) is 5.91 Å². The summed E-state index contributed by atoms with van der Waals surface area (Å²) in [6.45, 7) is 6.14. The van der Waals surface area contributed by atoms with Crippen LogP contribution in [0.3, 0.4) is 0 Å². The first-order valence-electron chi connectivity index (χ1n) is 7.18. The number of nitrogens with one attached hydrogen (secondary N) is 2. The fourth-order valence-electron chi connectivity index (χ4n) is 1.78. The first-order valence-corrected chi connectivity index (χ1v) is 7.97. The van der Waals surface area contributed by atoms with Gasteiger partial charge in [0.15, 0.2) is 5.69 Å². The summed E-state index contributed by atoms with van der Waals surface area (Å²) in [5.74, 6) is -0.354. The van der Waals surface area contributed by atoms with E-state index >= 15 is 0 Å². The third-order valence-corrected chi connectivity index (χ3v) is 3.51. The van der Waals surface area contributed by atoms with Gasteiger partial charge in [0.1, 0.15) is 0 Å². The molecule has 0 saturated carbocycles. The highest BCUT2D eigenvalue weighted by Crippen LogP contribution is 2.20. The molecule has 2 rings (SSSR count). The Morgan fingerprint density at radius 2 is 2.00 bits per heavy atom. The molecular formula is C17H19BrN4O. The molecule has 0 aliphatic carbocycles. The molecular weight excluding hydrogens is 356 g/mol. The van der Waals surface area contributed by atoms with Gasteiger partial charge in [-0.1, -0.05) is 51.1 Å². The van der Waals surface area contributed by atoms with Crippen LogP contribution in [0, 0.1) is 0 Å². The van der Waals surface area contributed by atoms with Crippen molar-refractivity contribution in [3.8, 4) is 0 Å². The van der Waals surface area contributed by atoms with Crippen LogP contribution in [0.25, 0.3) is 6.08 Å². The summed E-state index contributed by atoms with van der Waals surface area (Å²) in [6.07, 6.45) is 3.43. The van der Waals surface area contributed by atoms with Gasteiger partial charge in [-0.2, -0.15) is 10.2 Å². The van der Waals surface area contributed by atoms with E-state index in [4.69, 9.17) is 0 Å². The average molecular weight is 375 g/mol. The number of rotatable bonds is 4. The molecule has 2 N–H and O–H groups in total. The number of hydrogen-bond acceptors (Lipinski definition) is 3. The minimum atomic E-state index is -0.354. The molecule has 2 aromatic rings. The van der Waals surface area contributed by atoms with Crippen LogP contribution in [0.1, 0.15) is 42.5 Å². The predicted molar refractivity (Wildman–Crippen MR) is 96.6 cm³/mol. The van der Waals surface area contributed by atoms with Crippen molar-refractivity contribution in [1.29, 1.82) is 0 Å². The van der Waals surface area contributed by atoms with E-state index < -0.39 is 0 Å². The Morgan fingerprint density at radius 3 is 2.61 bits per heavy atom. The fraction of sp³-hybridized carbons (Fsp3) is 0.235. The number of carbonyl (C=O) groups excluding carboxylic acids is 1. The van der Waals surface area contributed by atoms with Crippen LogP contribution in [-0.2, 0) is 5.41 Å². The topological polar surface area (TPSA) is 70.1 Å². The Hall–Kier alpha value is -2.21. The third kappa shape index (κ3) is 5.17. The number of allylic oxidation sites excluding steroid dienone is 1. The second-order valence-electron chi connectivity index (χ2n) is 6.06. The number of carbonyl (C=O) groups is 1. The average Bonchev–Trinajstić information content (AvgIpc) is 2.98. The molecule has 1 amide bonds. The molecule has 0 bridgehead atoms. The van der Waals surface area contributed by atoms with Gasteiger partial charge in [-0.3, -0.25) is 9.89 Å². The van der Waals surface area contributed by atoms with E-state index in [1.165, 1.54) is 6.21 Å². The van der Waals surface area contributed by atoms with Gasteiger partial charge in [0, 0.05) is 15.6 Å². The molecule has 0 spiro atoms. The zero-order chi connectivity index (χ0) is 16.9. The van der Waals surface area contributed by atoms with Gasteiger partial charge in [-0.25, -0.2) is 5.43 Å². The van der Waals surface area contributed by atoms with Crippen molar-refractivity contribution in [2.75, 3.05) is 0 Å². The lowest BCUT2D eigenvalue weighted by atomic mass is 9.92. The van der Waals surface area contributed by atoms with E-state index in [9.17, 15) is 4.79 Å². The van der Waals surface area contributed by atoms with Crippen molar-refractivity contribution in [1.82, 2.24) is 15.6 Å². The third-order valence-electron chi connectivity index (χ3n) is 3.08. The van der Waals surface area contributed by atoms with Crippen LogP contribution in [0.5, 0.6) is 0 Å². The van der Waals surface area contributed by atoms with E-state index in [1.54, 1.807) is 6.07 Å². The quantitative estimate of drug-likeness (QED) is 0.629. The number of H-pyrrole nitrogens is 1. The molecule has 0 radical (unpaired) electrons. The predicted octanol–water partition coefficient (Wildman–Crippen LogP) is 3.86. The fourth-order valence-corrected chi connectivity index (χ4v) is 2.14. The molecule has 0 atom stereocenters. The molecule has 120 valence electrons. The Labute approximate surface area is 144 Å². The molecule has 0 saturated heterocycles. The van der Waals surface area contributed by atoms with E-state index in [-0.39, 0.29) is 11.3 Å². The molecule has 0 aliphatic heterocycles. The van der Waals surface area contributed by atoms with Crippen LogP contribution in [-0.4, -0.2) is 22.3 Å². The maximum absolute atomic E-state index is 12.0. The Kier molecular flexibility index (Phi) is 5.50. The molecule has 1 heterocycles. The molecule has 23 heavy (non-hydrogen) atoms. The highest BCUT2D eigenvalue weighted by atomic mass is 79.9. The van der Waals surface area contributed by atoms with Gasteiger partial charge in [-0.05, 0) is 33.6 Å². The minimum absolute atomic E-state index is 0.0871. The Bertz CT molecular complexity index is 727. The number of aromatic amines is 1. The number of hydrazone groups is 1. The second-order valence-corrected chi connectivity index (χ2v) is 6.97. The molecule has 1 aromatic carbocycles. The Morgan fingerprint density at radius 1 is 1.30 bits per heavy atom. The van der Waals surface area contributed by atoms with E-state index in [0.717, 1.165) is 15.7 Å². The summed E-state index contributed by atoms with van der Waals surface area (Å²) in [4.78, 5) is 12.0. The summed E-state index contributed by atoms with van der Waals surface area (Å²) in [5.41, 5.74) is 4.63. The number of nitrogens with zero attached hydrogens (tertiary/aromatic N) is 2. The van der Waals surface area contributed by atoms with Crippen LogP contribution in [0.2, 0.25) is 0 Å². The number of benzene rings is 1. The zero-order valence-electron chi connectivity index (χ0n) is 13.3. The van der Waals surface area contributed by atoms with Crippen LogP contribution >= 0.6 is 15.9 Å². The van der Waals surface area contributed by atoms with Crippen molar-refractivity contribution in [2.45, 2.75) is 26.2 Å². The zero-order valence-corrected chi connectivity index (χ0v) is 14.9. The molecule has 1 aromatic heterocycles. The second kappa shape index (κ2) is 7.37. The highest BCUT2D eigenvalue weighted by Gasteiger charge is 2.19. The molecule has 0 fully saturated rings. The molecule has 0 unspecified atom stereocenters. The van der Waals surface area contributed by atoms with Crippen molar-refractivity contribution in [2.24, 2.45) is 5.10 Å². The Balaban J connectivity index is 1.96. The van der Waals surface area contributed by atoms with E-state index in [1.807, 2.05) is 57.2 Å². The monoisotopic (exact) mass is 374 g/mol. The lowest BCUT2D eigenvalue weighted by Crippen LogP contribution is -2.18. The SMILES string of the molecule is CC(C)(C)c1cc(C(=O)N/N=C\C(Br)=C\c2ccccc2)n[nH]1. The highest BCUT2D eigenvalue weighted by molar-refractivity contribution is 9.12.